The topological polar surface area (TPSA) is 72.2 Å². The highest BCUT2D eigenvalue weighted by Crippen LogP contribution is 2.29. The average Bonchev–Trinajstić information content (AvgIpc) is 2.47. The van der Waals surface area contributed by atoms with Crippen molar-refractivity contribution >= 4 is 10.0 Å². The zero-order valence-corrected chi connectivity index (χ0v) is 13.7. The van der Waals surface area contributed by atoms with Gasteiger partial charge in [-0.15, -0.1) is 0 Å². The first-order valence-electron chi connectivity index (χ1n) is 7.80. The van der Waals surface area contributed by atoms with Crippen LogP contribution >= 0.6 is 0 Å². The van der Waals surface area contributed by atoms with Gasteiger partial charge in [-0.1, -0.05) is 38.3 Å². The number of benzene rings is 1. The summed E-state index contributed by atoms with van der Waals surface area (Å²) in [5, 5.41) is 8.84. The second-order valence-corrected chi connectivity index (χ2v) is 7.62. The van der Waals surface area contributed by atoms with Gasteiger partial charge < -0.3 is 5.32 Å². The summed E-state index contributed by atoms with van der Waals surface area (Å²) in [5.41, 5.74) is 1.10. The Morgan fingerprint density at radius 3 is 2.43 bits per heavy atom. The Bertz CT molecular complexity index is 554. The molecular weight excluding hydrogens is 284 g/mol. The number of sulfonamides is 1. The molecule has 21 heavy (non-hydrogen) atoms. The summed E-state index contributed by atoms with van der Waals surface area (Å²) in [6, 6.07) is 7.65. The maximum atomic E-state index is 11.3. The van der Waals surface area contributed by atoms with E-state index >= 15 is 0 Å². The van der Waals surface area contributed by atoms with Crippen LogP contribution in [-0.2, 0) is 10.0 Å². The van der Waals surface area contributed by atoms with Gasteiger partial charge in [0.25, 0.3) is 0 Å². The molecule has 0 spiro atoms. The summed E-state index contributed by atoms with van der Waals surface area (Å²) in [5.74, 6) is 0.755. The predicted molar refractivity (Wildman–Crippen MR) is 85.4 cm³/mol. The van der Waals surface area contributed by atoms with Gasteiger partial charge in [-0.05, 0) is 43.4 Å². The minimum absolute atomic E-state index is 0.169. The second kappa shape index (κ2) is 6.90. The quantitative estimate of drug-likeness (QED) is 0.878. The lowest BCUT2D eigenvalue weighted by atomic mass is 9.82. The van der Waals surface area contributed by atoms with E-state index in [1.165, 1.54) is 32.1 Å². The Hall–Kier alpha value is -0.910. The van der Waals surface area contributed by atoms with Crippen LogP contribution in [-0.4, -0.2) is 14.5 Å². The van der Waals surface area contributed by atoms with Crippen molar-refractivity contribution in [1.29, 1.82) is 0 Å². The van der Waals surface area contributed by atoms with Gasteiger partial charge in [-0.2, -0.15) is 0 Å². The molecule has 4 nitrogen and oxygen atoms in total. The van der Waals surface area contributed by atoms with Crippen LogP contribution in [0.2, 0.25) is 0 Å². The van der Waals surface area contributed by atoms with Crippen LogP contribution in [0.3, 0.4) is 0 Å². The maximum Gasteiger partial charge on any atom is 0.238 e. The van der Waals surface area contributed by atoms with Gasteiger partial charge >= 0.3 is 0 Å². The highest BCUT2D eigenvalue weighted by Gasteiger charge is 2.25. The Balaban J connectivity index is 2.04. The third-order valence-electron chi connectivity index (χ3n) is 4.61. The molecule has 1 saturated carbocycles. The number of nitrogens with two attached hydrogens (primary N) is 1. The van der Waals surface area contributed by atoms with E-state index in [1.807, 2.05) is 12.1 Å². The van der Waals surface area contributed by atoms with E-state index in [1.54, 1.807) is 12.1 Å². The highest BCUT2D eigenvalue weighted by atomic mass is 32.2. The van der Waals surface area contributed by atoms with E-state index in [4.69, 9.17) is 5.14 Å². The van der Waals surface area contributed by atoms with Gasteiger partial charge in [-0.25, -0.2) is 13.6 Å². The van der Waals surface area contributed by atoms with Gasteiger partial charge in [0.05, 0.1) is 4.90 Å². The van der Waals surface area contributed by atoms with Crippen molar-refractivity contribution in [1.82, 2.24) is 5.32 Å². The summed E-state index contributed by atoms with van der Waals surface area (Å²) < 4.78 is 22.5. The SMILES string of the molecule is CCC1CCCCC1NC(C)c1ccc(S(N)(=O)=O)cc1. The average molecular weight is 310 g/mol. The molecule has 0 bridgehead atoms. The largest absolute Gasteiger partial charge is 0.307 e. The van der Waals surface area contributed by atoms with Crippen molar-refractivity contribution in [2.24, 2.45) is 11.1 Å². The summed E-state index contributed by atoms with van der Waals surface area (Å²) in [6.07, 6.45) is 6.40. The van der Waals surface area contributed by atoms with Gasteiger partial charge in [0.15, 0.2) is 0 Å². The van der Waals surface area contributed by atoms with Crippen LogP contribution in [0.1, 0.15) is 57.6 Å². The third-order valence-corrected chi connectivity index (χ3v) is 5.54. The summed E-state index contributed by atoms with van der Waals surface area (Å²) in [7, 11) is -3.61. The molecule has 0 amide bonds. The Kier molecular flexibility index (Phi) is 5.41. The summed E-state index contributed by atoms with van der Waals surface area (Å²) in [6.45, 7) is 4.39. The Labute approximate surface area is 128 Å². The van der Waals surface area contributed by atoms with E-state index in [2.05, 4.69) is 19.2 Å². The molecule has 0 radical (unpaired) electrons. The molecule has 1 fully saturated rings. The van der Waals surface area contributed by atoms with Crippen molar-refractivity contribution in [2.75, 3.05) is 0 Å². The Morgan fingerprint density at radius 2 is 1.86 bits per heavy atom. The van der Waals surface area contributed by atoms with E-state index < -0.39 is 10.0 Å². The zero-order chi connectivity index (χ0) is 15.5. The van der Waals surface area contributed by atoms with E-state index in [9.17, 15) is 8.42 Å². The standard InChI is InChI=1S/C16H26N2O2S/c1-3-13-6-4-5-7-16(13)18-12(2)14-8-10-15(11-9-14)21(17,19)20/h8-13,16,18H,3-7H2,1-2H3,(H2,17,19,20). The van der Waals surface area contributed by atoms with Crippen LogP contribution in [0.4, 0.5) is 0 Å². The fourth-order valence-electron chi connectivity index (χ4n) is 3.28. The zero-order valence-electron chi connectivity index (χ0n) is 12.9. The van der Waals surface area contributed by atoms with E-state index in [0.717, 1.165) is 11.5 Å². The highest BCUT2D eigenvalue weighted by molar-refractivity contribution is 7.89. The molecule has 1 aliphatic rings. The molecule has 3 N–H and O–H groups in total. The second-order valence-electron chi connectivity index (χ2n) is 6.06. The number of primary sulfonamides is 1. The number of hydrogen-bond acceptors (Lipinski definition) is 3. The first kappa shape index (κ1) is 16.5. The molecule has 1 aromatic carbocycles. The van der Waals surface area contributed by atoms with Crippen molar-refractivity contribution < 1.29 is 8.42 Å². The molecule has 1 aliphatic carbocycles. The molecule has 3 unspecified atom stereocenters. The van der Waals surface area contributed by atoms with Gasteiger partial charge in [0.1, 0.15) is 0 Å². The fourth-order valence-corrected chi connectivity index (χ4v) is 3.79. The molecule has 3 atom stereocenters. The number of rotatable bonds is 5. The molecule has 0 saturated heterocycles. The maximum absolute atomic E-state index is 11.3. The van der Waals surface area contributed by atoms with Crippen LogP contribution in [0.25, 0.3) is 0 Å². The molecule has 5 heteroatoms. The van der Waals surface area contributed by atoms with Gasteiger partial charge in [0.2, 0.25) is 10.0 Å². The normalized spacial score (nSPS) is 24.7. The molecular formula is C16H26N2O2S. The van der Waals surface area contributed by atoms with Crippen molar-refractivity contribution in [3.63, 3.8) is 0 Å². The van der Waals surface area contributed by atoms with Gasteiger partial charge in [0, 0.05) is 12.1 Å². The van der Waals surface area contributed by atoms with Crippen molar-refractivity contribution in [3.8, 4) is 0 Å². The third kappa shape index (κ3) is 4.28. The first-order valence-corrected chi connectivity index (χ1v) is 9.35. The van der Waals surface area contributed by atoms with Crippen molar-refractivity contribution in [2.45, 2.75) is 62.9 Å². The minimum atomic E-state index is -3.61. The number of hydrogen-bond donors (Lipinski definition) is 2. The smallest absolute Gasteiger partial charge is 0.238 e. The number of nitrogens with one attached hydrogen (secondary N) is 1. The minimum Gasteiger partial charge on any atom is -0.307 e. The lowest BCUT2D eigenvalue weighted by Crippen LogP contribution is -2.39. The van der Waals surface area contributed by atoms with E-state index in [0.29, 0.717) is 6.04 Å². The monoisotopic (exact) mass is 310 g/mol. The summed E-state index contributed by atoms with van der Waals surface area (Å²) >= 11 is 0. The molecule has 0 heterocycles. The lowest BCUT2D eigenvalue weighted by Gasteiger charge is -2.34. The summed E-state index contributed by atoms with van der Waals surface area (Å²) in [4.78, 5) is 0.169. The van der Waals surface area contributed by atoms with Crippen LogP contribution in [0.15, 0.2) is 29.2 Å². The van der Waals surface area contributed by atoms with Crippen LogP contribution in [0, 0.1) is 5.92 Å². The van der Waals surface area contributed by atoms with E-state index in [-0.39, 0.29) is 10.9 Å². The molecule has 0 aromatic heterocycles. The fraction of sp³-hybridized carbons (Fsp3) is 0.625. The first-order chi connectivity index (χ1) is 9.91. The predicted octanol–water partition coefficient (Wildman–Crippen LogP) is 2.95. The molecule has 1 aromatic rings. The Morgan fingerprint density at radius 1 is 1.24 bits per heavy atom. The lowest BCUT2D eigenvalue weighted by molar-refractivity contribution is 0.240. The van der Waals surface area contributed by atoms with Gasteiger partial charge in [-0.3, -0.25) is 0 Å². The van der Waals surface area contributed by atoms with Crippen LogP contribution < -0.4 is 10.5 Å². The van der Waals surface area contributed by atoms with Crippen molar-refractivity contribution in [3.05, 3.63) is 29.8 Å². The molecule has 0 aliphatic heterocycles. The van der Waals surface area contributed by atoms with Crippen LogP contribution in [0.5, 0.6) is 0 Å². The molecule has 118 valence electrons. The molecule has 2 rings (SSSR count).